The van der Waals surface area contributed by atoms with Crippen molar-refractivity contribution in [1.29, 1.82) is 0 Å². The van der Waals surface area contributed by atoms with Gasteiger partial charge in [-0.15, -0.1) is 0 Å². The van der Waals surface area contributed by atoms with E-state index < -0.39 is 15.0 Å². The Hall–Kier alpha value is -0.190. The molecule has 21 heavy (non-hydrogen) atoms. The molecule has 0 saturated carbocycles. The molecule has 3 atom stereocenters. The van der Waals surface area contributed by atoms with Crippen molar-refractivity contribution in [3.05, 3.63) is 0 Å². The molecule has 2 N–H and O–H groups in total. The summed E-state index contributed by atoms with van der Waals surface area (Å²) in [6, 6.07) is 0. The maximum absolute atomic E-state index is 11.9. The van der Waals surface area contributed by atoms with Crippen LogP contribution in [0, 0.1) is 0 Å². The van der Waals surface area contributed by atoms with Gasteiger partial charge in [0.15, 0.2) is 7.37 Å². The van der Waals surface area contributed by atoms with Gasteiger partial charge in [0.2, 0.25) is 5.91 Å². The zero-order valence-corrected chi connectivity index (χ0v) is 14.4. The first-order chi connectivity index (χ1) is 9.70. The van der Waals surface area contributed by atoms with E-state index in [1.54, 1.807) is 6.92 Å². The maximum atomic E-state index is 11.9. The molecule has 0 bridgehead atoms. The molecule has 7 nitrogen and oxygen atoms in total. The van der Waals surface area contributed by atoms with Gasteiger partial charge in [-0.05, 0) is 19.8 Å². The molecule has 1 aliphatic rings. The lowest BCUT2D eigenvalue weighted by Crippen LogP contribution is -2.24. The smallest absolute Gasteiger partial charge is 0.344 e. The van der Waals surface area contributed by atoms with Gasteiger partial charge >= 0.3 is 7.60 Å². The van der Waals surface area contributed by atoms with Crippen molar-refractivity contribution in [2.24, 2.45) is 0 Å². The van der Waals surface area contributed by atoms with Gasteiger partial charge in [-0.25, -0.2) is 0 Å². The second-order valence-corrected chi connectivity index (χ2v) is 10.1. The van der Waals surface area contributed by atoms with E-state index in [0.29, 0.717) is 32.0 Å². The Bertz CT molecular complexity index is 435. The third kappa shape index (κ3) is 8.74. The number of rotatable bonds is 9. The summed E-state index contributed by atoms with van der Waals surface area (Å²) in [5, 5.41) is 2.56. The van der Waals surface area contributed by atoms with Crippen molar-refractivity contribution < 1.29 is 27.9 Å². The van der Waals surface area contributed by atoms with E-state index in [1.807, 2.05) is 0 Å². The molecule has 0 radical (unpaired) electrons. The second-order valence-electron chi connectivity index (χ2n) is 5.52. The summed E-state index contributed by atoms with van der Waals surface area (Å²) < 4.78 is 33.2. The van der Waals surface area contributed by atoms with Crippen LogP contribution in [0.3, 0.4) is 0 Å². The van der Waals surface area contributed by atoms with Gasteiger partial charge in [0.1, 0.15) is 6.29 Å². The standard InChI is InChI=1S/C12H25NO6P2/c1-11-9-18-21(17,19-11)10-13-12(14)7-5-3-4-6-8-20(2,15)16/h11H,3-10H2,1-2H3,(H,13,14)(H,15,16). The Morgan fingerprint density at radius 2 is 2.05 bits per heavy atom. The second kappa shape index (κ2) is 8.44. The highest BCUT2D eigenvalue weighted by Crippen LogP contribution is 2.52. The molecule has 0 aromatic rings. The van der Waals surface area contributed by atoms with Crippen molar-refractivity contribution in [2.75, 3.05) is 25.7 Å². The number of carbonyl (C=O) groups is 1. The zero-order chi connectivity index (χ0) is 15.9. The summed E-state index contributed by atoms with van der Waals surface area (Å²) >= 11 is 0. The summed E-state index contributed by atoms with van der Waals surface area (Å²) in [4.78, 5) is 20.7. The Morgan fingerprint density at radius 3 is 2.62 bits per heavy atom. The third-order valence-corrected chi connectivity index (χ3v) is 5.96. The van der Waals surface area contributed by atoms with E-state index in [0.717, 1.165) is 12.8 Å². The molecule has 1 saturated heterocycles. The van der Waals surface area contributed by atoms with E-state index in [9.17, 15) is 13.9 Å². The van der Waals surface area contributed by atoms with Crippen molar-refractivity contribution in [1.82, 2.24) is 5.32 Å². The van der Waals surface area contributed by atoms with Crippen LogP contribution in [0.4, 0.5) is 0 Å². The largest absolute Gasteiger partial charge is 0.350 e. The third-order valence-electron chi connectivity index (χ3n) is 3.04. The molecule has 9 heteroatoms. The number of unbranched alkanes of at least 4 members (excludes halogenated alkanes) is 3. The minimum absolute atomic E-state index is 0.0836. The van der Waals surface area contributed by atoms with E-state index in [1.165, 1.54) is 6.66 Å². The molecule has 1 rings (SSSR count). The molecular weight excluding hydrogens is 316 g/mol. The van der Waals surface area contributed by atoms with Gasteiger partial charge in [-0.1, -0.05) is 12.8 Å². The van der Waals surface area contributed by atoms with Gasteiger partial charge < -0.3 is 19.3 Å². The van der Waals surface area contributed by atoms with Gasteiger partial charge in [0.05, 0.1) is 12.7 Å². The monoisotopic (exact) mass is 341 g/mol. The first kappa shape index (κ1) is 18.9. The predicted octanol–water partition coefficient (Wildman–Crippen LogP) is 2.54. The summed E-state index contributed by atoms with van der Waals surface area (Å²) in [6.07, 6.45) is 3.44. The van der Waals surface area contributed by atoms with Crippen molar-refractivity contribution in [3.8, 4) is 0 Å². The van der Waals surface area contributed by atoms with Gasteiger partial charge in [0.25, 0.3) is 0 Å². The van der Waals surface area contributed by atoms with Crippen LogP contribution in [-0.2, 0) is 23.0 Å². The molecule has 124 valence electrons. The van der Waals surface area contributed by atoms with Crippen molar-refractivity contribution in [2.45, 2.75) is 45.1 Å². The summed E-state index contributed by atoms with van der Waals surface area (Å²) in [6.45, 7) is 3.42. The predicted molar refractivity (Wildman–Crippen MR) is 80.8 cm³/mol. The van der Waals surface area contributed by atoms with Gasteiger partial charge in [-0.3, -0.25) is 13.9 Å². The van der Waals surface area contributed by atoms with Crippen molar-refractivity contribution in [3.63, 3.8) is 0 Å². The highest BCUT2D eigenvalue weighted by Gasteiger charge is 2.34. The maximum Gasteiger partial charge on any atom is 0.350 e. The molecular formula is C12H25NO6P2. The Morgan fingerprint density at radius 1 is 1.38 bits per heavy atom. The van der Waals surface area contributed by atoms with Crippen LogP contribution in [0.1, 0.15) is 39.0 Å². The quantitative estimate of drug-likeness (QED) is 0.494. The lowest BCUT2D eigenvalue weighted by Gasteiger charge is -2.11. The zero-order valence-electron chi connectivity index (χ0n) is 12.6. The van der Waals surface area contributed by atoms with Crippen LogP contribution in [0.15, 0.2) is 0 Å². The minimum Gasteiger partial charge on any atom is -0.344 e. The van der Waals surface area contributed by atoms with Gasteiger partial charge in [-0.2, -0.15) is 0 Å². The van der Waals surface area contributed by atoms with Crippen LogP contribution < -0.4 is 5.32 Å². The number of carbonyl (C=O) groups excluding carboxylic acids is 1. The lowest BCUT2D eigenvalue weighted by atomic mass is 10.1. The molecule has 0 aromatic carbocycles. The van der Waals surface area contributed by atoms with E-state index in [-0.39, 0.29) is 18.3 Å². The fourth-order valence-corrected chi connectivity index (χ4v) is 4.41. The minimum atomic E-state index is -3.14. The molecule has 1 amide bonds. The number of hydrogen-bond acceptors (Lipinski definition) is 5. The molecule has 3 unspecified atom stereocenters. The fourth-order valence-electron chi connectivity index (χ4n) is 1.95. The Balaban J connectivity index is 2.04. The number of hydrogen-bond donors (Lipinski definition) is 2. The van der Waals surface area contributed by atoms with E-state index in [2.05, 4.69) is 5.32 Å². The number of amides is 1. The first-order valence-electron chi connectivity index (χ1n) is 7.18. The fraction of sp³-hybridized carbons (Fsp3) is 0.917. The van der Waals surface area contributed by atoms with Crippen LogP contribution in [0.5, 0.6) is 0 Å². The molecule has 1 aliphatic heterocycles. The van der Waals surface area contributed by atoms with E-state index in [4.69, 9.17) is 13.9 Å². The average Bonchev–Trinajstić information content (AvgIpc) is 2.70. The highest BCUT2D eigenvalue weighted by molar-refractivity contribution is 7.57. The van der Waals surface area contributed by atoms with Crippen LogP contribution >= 0.6 is 15.0 Å². The SMILES string of the molecule is CC1COP(=O)(CNC(=O)CCCCCCP(C)(=O)O)O1. The molecule has 0 aliphatic carbocycles. The van der Waals surface area contributed by atoms with Crippen molar-refractivity contribution >= 4 is 20.9 Å². The Kier molecular flexibility index (Phi) is 7.58. The summed E-state index contributed by atoms with van der Waals surface area (Å²) in [5.74, 6) is -0.180. The summed E-state index contributed by atoms with van der Waals surface area (Å²) in [7, 11) is -6.05. The normalized spacial score (nSPS) is 28.2. The highest BCUT2D eigenvalue weighted by atomic mass is 31.2. The topological polar surface area (TPSA) is 102 Å². The summed E-state index contributed by atoms with van der Waals surface area (Å²) in [5.41, 5.74) is 0. The van der Waals surface area contributed by atoms with E-state index >= 15 is 0 Å². The molecule has 0 aromatic heterocycles. The lowest BCUT2D eigenvalue weighted by molar-refractivity contribution is -0.120. The number of nitrogens with one attached hydrogen (secondary N) is 1. The molecule has 0 spiro atoms. The van der Waals surface area contributed by atoms with Gasteiger partial charge in [0, 0.05) is 19.2 Å². The molecule has 1 fully saturated rings. The average molecular weight is 341 g/mol. The van der Waals surface area contributed by atoms with Crippen LogP contribution in [0.2, 0.25) is 0 Å². The molecule has 1 heterocycles. The van der Waals surface area contributed by atoms with Crippen LogP contribution in [-0.4, -0.2) is 42.6 Å². The van der Waals surface area contributed by atoms with Crippen LogP contribution in [0.25, 0.3) is 0 Å². The Labute approximate surface area is 125 Å². The first-order valence-corrected chi connectivity index (χ1v) is 11.2.